The van der Waals surface area contributed by atoms with Gasteiger partial charge in [-0.2, -0.15) is 0 Å². The van der Waals surface area contributed by atoms with Crippen LogP contribution in [0.3, 0.4) is 0 Å². The van der Waals surface area contributed by atoms with Crippen LogP contribution in [0.1, 0.15) is 35.7 Å². The molecule has 1 aliphatic heterocycles. The third-order valence-corrected chi connectivity index (χ3v) is 3.87. The van der Waals surface area contributed by atoms with Crippen LogP contribution in [0.15, 0.2) is 6.20 Å². The summed E-state index contributed by atoms with van der Waals surface area (Å²) in [7, 11) is 0. The quantitative estimate of drug-likeness (QED) is 0.830. The minimum atomic E-state index is 0.122. The number of nitrogens with zero attached hydrogens (tertiary/aromatic N) is 2. The average Bonchev–Trinajstić information content (AvgIpc) is 2.85. The molecule has 1 unspecified atom stereocenters. The van der Waals surface area contributed by atoms with Gasteiger partial charge in [-0.25, -0.2) is 4.98 Å². The molecule has 3 nitrogen and oxygen atoms in total. The zero-order valence-corrected chi connectivity index (χ0v) is 9.26. The monoisotopic (exact) mass is 212 g/mol. The molecule has 0 saturated carbocycles. The van der Waals surface area contributed by atoms with E-state index in [2.05, 4.69) is 16.8 Å². The summed E-state index contributed by atoms with van der Waals surface area (Å²) >= 11 is 1.65. The molecular formula is C10H16N2OS. The van der Waals surface area contributed by atoms with Crippen LogP contribution >= 0.6 is 11.3 Å². The molecule has 78 valence electrons. The largest absolute Gasteiger partial charge is 0.391 e. The van der Waals surface area contributed by atoms with Crippen molar-refractivity contribution in [2.45, 2.75) is 32.4 Å². The van der Waals surface area contributed by atoms with Crippen LogP contribution in [0.5, 0.6) is 0 Å². The molecule has 0 aliphatic carbocycles. The summed E-state index contributed by atoms with van der Waals surface area (Å²) in [6.45, 7) is 4.60. The third kappa shape index (κ3) is 1.82. The van der Waals surface area contributed by atoms with Crippen LogP contribution < -0.4 is 0 Å². The van der Waals surface area contributed by atoms with E-state index >= 15 is 0 Å². The Hall–Kier alpha value is -0.450. The summed E-state index contributed by atoms with van der Waals surface area (Å²) in [4.78, 5) is 7.82. The molecule has 1 N–H and O–H groups in total. The minimum Gasteiger partial charge on any atom is -0.391 e. The highest BCUT2D eigenvalue weighted by atomic mass is 32.1. The van der Waals surface area contributed by atoms with Gasteiger partial charge in [0.05, 0.1) is 17.5 Å². The Kier molecular flexibility index (Phi) is 3.15. The SMILES string of the molecule is CCN1CCCC1c1ncc(CO)s1. The molecule has 2 heterocycles. The van der Waals surface area contributed by atoms with Gasteiger partial charge < -0.3 is 5.11 Å². The second-order valence-corrected chi connectivity index (χ2v) is 4.76. The zero-order chi connectivity index (χ0) is 9.97. The molecule has 4 heteroatoms. The number of aliphatic hydroxyl groups excluding tert-OH is 1. The summed E-state index contributed by atoms with van der Waals surface area (Å²) in [6.07, 6.45) is 4.28. The maximum absolute atomic E-state index is 8.97. The van der Waals surface area contributed by atoms with Crippen LogP contribution in [0.2, 0.25) is 0 Å². The molecule has 1 fully saturated rings. The first kappa shape index (κ1) is 10.1. The predicted octanol–water partition coefficient (Wildman–Crippen LogP) is 1.79. The number of rotatable bonds is 3. The highest BCUT2D eigenvalue weighted by Gasteiger charge is 2.26. The Labute approximate surface area is 88.4 Å². The fourth-order valence-electron chi connectivity index (χ4n) is 2.03. The van der Waals surface area contributed by atoms with Crippen molar-refractivity contribution in [3.63, 3.8) is 0 Å². The van der Waals surface area contributed by atoms with Crippen LogP contribution in [0, 0.1) is 0 Å². The number of aliphatic hydroxyl groups is 1. The van der Waals surface area contributed by atoms with Crippen LogP contribution in [-0.4, -0.2) is 28.1 Å². The molecule has 0 bridgehead atoms. The zero-order valence-electron chi connectivity index (χ0n) is 8.44. The lowest BCUT2D eigenvalue weighted by Gasteiger charge is -2.20. The Balaban J connectivity index is 2.13. The molecule has 1 aromatic heterocycles. The van der Waals surface area contributed by atoms with Gasteiger partial charge in [0.25, 0.3) is 0 Å². The van der Waals surface area contributed by atoms with Gasteiger partial charge in [-0.1, -0.05) is 6.92 Å². The molecule has 1 saturated heterocycles. The van der Waals surface area contributed by atoms with Gasteiger partial charge in [0.2, 0.25) is 0 Å². The van der Waals surface area contributed by atoms with E-state index in [1.165, 1.54) is 24.4 Å². The van der Waals surface area contributed by atoms with E-state index in [1.54, 1.807) is 17.5 Å². The standard InChI is InChI=1S/C10H16N2OS/c1-2-12-5-3-4-9(12)10-11-6-8(7-13)14-10/h6,9,13H,2-5,7H2,1H3. The lowest BCUT2D eigenvalue weighted by molar-refractivity contribution is 0.271. The summed E-state index contributed by atoms with van der Waals surface area (Å²) in [6, 6.07) is 0.505. The van der Waals surface area contributed by atoms with Gasteiger partial charge in [0.15, 0.2) is 0 Å². The van der Waals surface area contributed by atoms with Crippen molar-refractivity contribution in [2.24, 2.45) is 0 Å². The van der Waals surface area contributed by atoms with Crippen molar-refractivity contribution in [1.29, 1.82) is 0 Å². The molecule has 0 aromatic carbocycles. The molecule has 0 amide bonds. The first-order valence-electron chi connectivity index (χ1n) is 5.14. The normalized spacial score (nSPS) is 23.1. The van der Waals surface area contributed by atoms with Gasteiger partial charge >= 0.3 is 0 Å². The van der Waals surface area contributed by atoms with E-state index in [9.17, 15) is 0 Å². The second-order valence-electron chi connectivity index (χ2n) is 3.61. The molecule has 2 rings (SSSR count). The molecule has 0 spiro atoms. The van der Waals surface area contributed by atoms with Gasteiger partial charge in [0, 0.05) is 6.20 Å². The van der Waals surface area contributed by atoms with E-state index in [1.807, 2.05) is 0 Å². The average molecular weight is 212 g/mol. The number of likely N-dealkylation sites (tertiary alicyclic amines) is 1. The molecule has 14 heavy (non-hydrogen) atoms. The summed E-state index contributed by atoms with van der Waals surface area (Å²) < 4.78 is 0. The van der Waals surface area contributed by atoms with Crippen LogP contribution in [0.4, 0.5) is 0 Å². The van der Waals surface area contributed by atoms with Crippen LogP contribution in [-0.2, 0) is 6.61 Å². The fourth-order valence-corrected chi connectivity index (χ4v) is 2.98. The van der Waals surface area contributed by atoms with Crippen molar-refractivity contribution >= 4 is 11.3 Å². The predicted molar refractivity (Wildman–Crippen MR) is 57.3 cm³/mol. The molecule has 1 aromatic rings. The highest BCUT2D eigenvalue weighted by Crippen LogP contribution is 2.33. The first-order chi connectivity index (χ1) is 6.85. The number of thiazole rings is 1. The Morgan fingerprint density at radius 1 is 1.71 bits per heavy atom. The van der Waals surface area contributed by atoms with Crippen molar-refractivity contribution in [1.82, 2.24) is 9.88 Å². The van der Waals surface area contributed by atoms with Gasteiger partial charge in [-0.15, -0.1) is 11.3 Å². The van der Waals surface area contributed by atoms with Crippen LogP contribution in [0.25, 0.3) is 0 Å². The number of aromatic nitrogens is 1. The summed E-state index contributed by atoms with van der Waals surface area (Å²) in [5, 5.41) is 10.1. The summed E-state index contributed by atoms with van der Waals surface area (Å²) in [5.74, 6) is 0. The molecule has 1 aliphatic rings. The summed E-state index contributed by atoms with van der Waals surface area (Å²) in [5.41, 5.74) is 0. The lowest BCUT2D eigenvalue weighted by Crippen LogP contribution is -2.22. The molecule has 0 radical (unpaired) electrons. The molecule has 1 atom stereocenters. The Bertz CT molecular complexity index is 300. The third-order valence-electron chi connectivity index (χ3n) is 2.78. The second kappa shape index (κ2) is 4.38. The Morgan fingerprint density at radius 3 is 3.21 bits per heavy atom. The van der Waals surface area contributed by atoms with Gasteiger partial charge in [-0.3, -0.25) is 4.90 Å². The molecular weight excluding hydrogens is 196 g/mol. The Morgan fingerprint density at radius 2 is 2.57 bits per heavy atom. The topological polar surface area (TPSA) is 36.4 Å². The minimum absolute atomic E-state index is 0.122. The maximum Gasteiger partial charge on any atom is 0.110 e. The maximum atomic E-state index is 8.97. The van der Waals surface area contributed by atoms with E-state index < -0.39 is 0 Å². The van der Waals surface area contributed by atoms with E-state index in [-0.39, 0.29) is 6.61 Å². The van der Waals surface area contributed by atoms with E-state index in [4.69, 9.17) is 5.11 Å². The lowest BCUT2D eigenvalue weighted by atomic mass is 10.2. The smallest absolute Gasteiger partial charge is 0.110 e. The fraction of sp³-hybridized carbons (Fsp3) is 0.700. The van der Waals surface area contributed by atoms with Crippen molar-refractivity contribution < 1.29 is 5.11 Å². The van der Waals surface area contributed by atoms with Gasteiger partial charge in [-0.05, 0) is 25.9 Å². The van der Waals surface area contributed by atoms with E-state index in [0.29, 0.717) is 6.04 Å². The van der Waals surface area contributed by atoms with E-state index in [0.717, 1.165) is 11.4 Å². The van der Waals surface area contributed by atoms with Crippen molar-refractivity contribution in [3.8, 4) is 0 Å². The highest BCUT2D eigenvalue weighted by molar-refractivity contribution is 7.11. The van der Waals surface area contributed by atoms with Gasteiger partial charge in [0.1, 0.15) is 5.01 Å². The first-order valence-corrected chi connectivity index (χ1v) is 5.96. The van der Waals surface area contributed by atoms with Crippen molar-refractivity contribution in [3.05, 3.63) is 16.1 Å². The number of hydrogen-bond acceptors (Lipinski definition) is 4. The van der Waals surface area contributed by atoms with Crippen molar-refractivity contribution in [2.75, 3.05) is 13.1 Å². The number of hydrogen-bond donors (Lipinski definition) is 1.